The summed E-state index contributed by atoms with van der Waals surface area (Å²) in [5.41, 5.74) is 1.72. The van der Waals surface area contributed by atoms with Crippen molar-refractivity contribution in [3.63, 3.8) is 0 Å². The number of halogens is 2. The lowest BCUT2D eigenvalue weighted by Crippen LogP contribution is -2.53. The fourth-order valence-corrected chi connectivity index (χ4v) is 6.84. The van der Waals surface area contributed by atoms with E-state index in [0.717, 1.165) is 22.7 Å². The summed E-state index contributed by atoms with van der Waals surface area (Å²) in [5.74, 6) is -0.625. The molecule has 0 aliphatic heterocycles. The van der Waals surface area contributed by atoms with E-state index in [4.69, 9.17) is 27.9 Å². The second kappa shape index (κ2) is 17.2. The molecule has 0 heterocycles. The third kappa shape index (κ3) is 9.73. The van der Waals surface area contributed by atoms with Crippen molar-refractivity contribution in [2.75, 3.05) is 24.0 Å². The Labute approximate surface area is 287 Å². The molecule has 0 aromatic heterocycles. The SMILES string of the molecule is CCCCNC(=O)C(Cc1ccccc1)N(Cc1cccc(Cl)c1)C(=O)CN(c1ccccc1OCC)S(=O)(=O)c1ccc(Cl)cc1. The van der Waals surface area contributed by atoms with Gasteiger partial charge in [-0.15, -0.1) is 0 Å². The monoisotopic (exact) mass is 695 g/mol. The van der Waals surface area contributed by atoms with Crippen LogP contribution in [0, 0.1) is 0 Å². The van der Waals surface area contributed by atoms with Crippen LogP contribution in [0.4, 0.5) is 5.69 Å². The number of unbranched alkanes of at least 4 members (excludes halogenated alkanes) is 1. The van der Waals surface area contributed by atoms with Gasteiger partial charge in [-0.3, -0.25) is 13.9 Å². The second-order valence-corrected chi connectivity index (χ2v) is 13.6. The highest BCUT2D eigenvalue weighted by Crippen LogP contribution is 2.33. The molecule has 1 atom stereocenters. The average molecular weight is 697 g/mol. The lowest BCUT2D eigenvalue weighted by molar-refractivity contribution is -0.140. The molecule has 248 valence electrons. The van der Waals surface area contributed by atoms with E-state index >= 15 is 0 Å². The summed E-state index contributed by atoms with van der Waals surface area (Å²) < 4.78 is 35.4. The molecule has 4 rings (SSSR count). The molecule has 1 unspecified atom stereocenters. The van der Waals surface area contributed by atoms with Crippen LogP contribution in [0.5, 0.6) is 5.75 Å². The number of nitrogens with one attached hydrogen (secondary N) is 1. The number of para-hydroxylation sites is 2. The first-order chi connectivity index (χ1) is 22.6. The summed E-state index contributed by atoms with van der Waals surface area (Å²) >= 11 is 12.4. The smallest absolute Gasteiger partial charge is 0.264 e. The Morgan fingerprint density at radius 3 is 2.19 bits per heavy atom. The number of amides is 2. The zero-order valence-electron chi connectivity index (χ0n) is 26.4. The van der Waals surface area contributed by atoms with Gasteiger partial charge in [0.2, 0.25) is 11.8 Å². The molecule has 0 spiro atoms. The average Bonchev–Trinajstić information content (AvgIpc) is 3.06. The van der Waals surface area contributed by atoms with Gasteiger partial charge in [-0.25, -0.2) is 8.42 Å². The van der Waals surface area contributed by atoms with Gasteiger partial charge in [0.05, 0.1) is 17.2 Å². The second-order valence-electron chi connectivity index (χ2n) is 10.9. The van der Waals surface area contributed by atoms with Crippen molar-refractivity contribution in [3.05, 3.63) is 124 Å². The molecular formula is C36H39Cl2N3O5S. The van der Waals surface area contributed by atoms with E-state index in [1.165, 1.54) is 29.2 Å². The van der Waals surface area contributed by atoms with Crippen molar-refractivity contribution < 1.29 is 22.7 Å². The first-order valence-electron chi connectivity index (χ1n) is 15.5. The molecular weight excluding hydrogens is 657 g/mol. The van der Waals surface area contributed by atoms with Gasteiger partial charge in [-0.1, -0.05) is 91.1 Å². The van der Waals surface area contributed by atoms with Crippen LogP contribution >= 0.6 is 23.2 Å². The summed E-state index contributed by atoms with van der Waals surface area (Å²) in [6.45, 7) is 3.94. The number of hydrogen-bond acceptors (Lipinski definition) is 5. The number of sulfonamides is 1. The third-order valence-corrected chi connectivity index (χ3v) is 9.72. The fraction of sp³-hybridized carbons (Fsp3) is 0.278. The summed E-state index contributed by atoms with van der Waals surface area (Å²) in [7, 11) is -4.32. The molecule has 8 nitrogen and oxygen atoms in total. The Kier molecular flexibility index (Phi) is 13.1. The minimum atomic E-state index is -4.32. The molecule has 0 bridgehead atoms. The van der Waals surface area contributed by atoms with E-state index in [2.05, 4.69) is 5.32 Å². The topological polar surface area (TPSA) is 96.0 Å². The number of ether oxygens (including phenoxy) is 1. The summed E-state index contributed by atoms with van der Waals surface area (Å²) in [6, 6.07) is 27.9. The minimum Gasteiger partial charge on any atom is -0.492 e. The zero-order valence-corrected chi connectivity index (χ0v) is 28.8. The molecule has 0 radical (unpaired) electrons. The summed E-state index contributed by atoms with van der Waals surface area (Å²) in [6.07, 6.45) is 1.86. The van der Waals surface area contributed by atoms with Crippen LogP contribution in [-0.2, 0) is 32.6 Å². The predicted molar refractivity (Wildman–Crippen MR) is 187 cm³/mol. The van der Waals surface area contributed by atoms with Crippen molar-refractivity contribution in [2.24, 2.45) is 0 Å². The molecule has 0 aliphatic carbocycles. The molecule has 0 saturated heterocycles. The van der Waals surface area contributed by atoms with Gasteiger partial charge in [0.1, 0.15) is 18.3 Å². The highest BCUT2D eigenvalue weighted by Gasteiger charge is 2.35. The maximum absolute atomic E-state index is 14.6. The van der Waals surface area contributed by atoms with Gasteiger partial charge in [0.25, 0.3) is 10.0 Å². The highest BCUT2D eigenvalue weighted by molar-refractivity contribution is 7.92. The highest BCUT2D eigenvalue weighted by atomic mass is 35.5. The Hall–Kier alpha value is -4.05. The number of carbonyl (C=O) groups is 2. The Morgan fingerprint density at radius 1 is 0.830 bits per heavy atom. The molecule has 11 heteroatoms. The van der Waals surface area contributed by atoms with Crippen LogP contribution < -0.4 is 14.4 Å². The molecule has 0 fully saturated rings. The maximum atomic E-state index is 14.6. The minimum absolute atomic E-state index is 0.0139. The first kappa shape index (κ1) is 35.8. The van der Waals surface area contributed by atoms with Crippen molar-refractivity contribution in [1.29, 1.82) is 0 Å². The van der Waals surface area contributed by atoms with E-state index in [1.807, 2.05) is 43.3 Å². The normalized spacial score (nSPS) is 11.8. The van der Waals surface area contributed by atoms with Gasteiger partial charge in [0.15, 0.2) is 0 Å². The maximum Gasteiger partial charge on any atom is 0.264 e. The zero-order chi connectivity index (χ0) is 33.8. The molecule has 4 aromatic rings. The van der Waals surface area contributed by atoms with Gasteiger partial charge in [0, 0.05) is 29.6 Å². The lowest BCUT2D eigenvalue weighted by atomic mass is 10.0. The summed E-state index contributed by atoms with van der Waals surface area (Å²) in [4.78, 5) is 29.9. The standard InChI is InChI=1S/C36H39Cl2N3O5S/c1-3-5-22-39-36(43)33(24-27-12-7-6-8-13-27)40(25-28-14-11-15-30(38)23-28)35(42)26-41(32-16-9-10-17-34(32)46-4-2)47(44,45)31-20-18-29(37)19-21-31/h6-21,23,33H,3-5,22,24-26H2,1-2H3,(H,39,43). The van der Waals surface area contributed by atoms with Crippen molar-refractivity contribution >= 4 is 50.7 Å². The predicted octanol–water partition coefficient (Wildman–Crippen LogP) is 7.14. The number of rotatable bonds is 16. The Bertz CT molecular complexity index is 1740. The van der Waals surface area contributed by atoms with Crippen molar-refractivity contribution in [3.8, 4) is 5.75 Å². The number of nitrogens with zero attached hydrogens (tertiary/aromatic N) is 2. The third-order valence-electron chi connectivity index (χ3n) is 7.46. The van der Waals surface area contributed by atoms with Crippen molar-refractivity contribution in [1.82, 2.24) is 10.2 Å². The van der Waals surface area contributed by atoms with Crippen LogP contribution in [0.25, 0.3) is 0 Å². The lowest BCUT2D eigenvalue weighted by Gasteiger charge is -2.34. The molecule has 0 aliphatic rings. The van der Waals surface area contributed by atoms with Crippen molar-refractivity contribution in [2.45, 2.75) is 50.6 Å². The Balaban J connectivity index is 1.83. The van der Waals surface area contributed by atoms with E-state index in [-0.39, 0.29) is 36.1 Å². The first-order valence-corrected chi connectivity index (χ1v) is 17.7. The van der Waals surface area contributed by atoms with Gasteiger partial charge in [-0.05, 0) is 73.0 Å². The number of anilines is 1. The van der Waals surface area contributed by atoms with E-state index in [0.29, 0.717) is 27.9 Å². The van der Waals surface area contributed by atoms with Crippen LogP contribution in [0.2, 0.25) is 10.0 Å². The summed E-state index contributed by atoms with van der Waals surface area (Å²) in [5, 5.41) is 3.82. The van der Waals surface area contributed by atoms with Crippen LogP contribution in [0.1, 0.15) is 37.8 Å². The molecule has 4 aromatic carbocycles. The van der Waals surface area contributed by atoms with Crippen LogP contribution in [0.15, 0.2) is 108 Å². The fourth-order valence-electron chi connectivity index (χ4n) is 5.08. The molecule has 1 N–H and O–H groups in total. The van der Waals surface area contributed by atoms with Crippen LogP contribution in [-0.4, -0.2) is 50.9 Å². The van der Waals surface area contributed by atoms with E-state index < -0.39 is 28.5 Å². The quantitative estimate of drug-likeness (QED) is 0.126. The molecule has 2 amide bonds. The van der Waals surface area contributed by atoms with Crippen LogP contribution in [0.3, 0.4) is 0 Å². The van der Waals surface area contributed by atoms with Gasteiger partial charge < -0.3 is 15.0 Å². The van der Waals surface area contributed by atoms with Gasteiger partial charge in [-0.2, -0.15) is 0 Å². The molecule has 47 heavy (non-hydrogen) atoms. The molecule has 0 saturated carbocycles. The van der Waals surface area contributed by atoms with E-state index in [9.17, 15) is 18.0 Å². The number of benzene rings is 4. The van der Waals surface area contributed by atoms with E-state index in [1.54, 1.807) is 49.4 Å². The number of carbonyl (C=O) groups excluding carboxylic acids is 2. The Morgan fingerprint density at radius 2 is 1.51 bits per heavy atom. The van der Waals surface area contributed by atoms with Gasteiger partial charge >= 0.3 is 0 Å². The number of hydrogen-bond donors (Lipinski definition) is 1. The largest absolute Gasteiger partial charge is 0.492 e.